The number of carbonyl (C=O) groups is 2. The van der Waals surface area contributed by atoms with E-state index in [1.807, 2.05) is 0 Å². The summed E-state index contributed by atoms with van der Waals surface area (Å²) in [6, 6.07) is 7.93. The van der Waals surface area contributed by atoms with Crippen LogP contribution in [-0.4, -0.2) is 26.3 Å². The Morgan fingerprint density at radius 3 is 2.42 bits per heavy atom. The van der Waals surface area contributed by atoms with Crippen LogP contribution in [0.3, 0.4) is 0 Å². The molecule has 12 heteroatoms. The van der Waals surface area contributed by atoms with E-state index in [0.717, 1.165) is 22.5 Å². The molecule has 0 fully saturated rings. The molecule has 7 nitrogen and oxygen atoms in total. The summed E-state index contributed by atoms with van der Waals surface area (Å²) < 4.78 is 55.8. The lowest BCUT2D eigenvalue weighted by molar-refractivity contribution is -0.122. The highest BCUT2D eigenvalue weighted by molar-refractivity contribution is 7.93. The zero-order valence-electron chi connectivity index (χ0n) is 18.9. The lowest BCUT2D eigenvalue weighted by Crippen LogP contribution is -2.52. The van der Waals surface area contributed by atoms with E-state index in [0.29, 0.717) is 16.8 Å². The normalized spacial score (nSPS) is 15.3. The Balaban J connectivity index is 1.78. The molecule has 2 amide bonds. The van der Waals surface area contributed by atoms with Crippen molar-refractivity contribution in [1.29, 1.82) is 0 Å². The van der Waals surface area contributed by atoms with Crippen LogP contribution in [0.4, 0.5) is 25.8 Å². The Bertz CT molecular complexity index is 1520. The third kappa shape index (κ3) is 4.76. The van der Waals surface area contributed by atoms with Crippen LogP contribution in [0, 0.1) is 25.5 Å². The van der Waals surface area contributed by atoms with Gasteiger partial charge in [0.25, 0.3) is 10.0 Å². The number of carbonyl (C=O) groups excluding carboxylic acids is 2. The van der Waals surface area contributed by atoms with Crippen molar-refractivity contribution in [1.82, 2.24) is 0 Å². The summed E-state index contributed by atoms with van der Waals surface area (Å²) in [5.41, 5.74) is 0.907. The molecule has 0 aliphatic carbocycles. The van der Waals surface area contributed by atoms with Crippen LogP contribution >= 0.6 is 23.2 Å². The molecule has 1 aliphatic heterocycles. The van der Waals surface area contributed by atoms with Crippen molar-refractivity contribution in [2.45, 2.75) is 31.2 Å². The second-order valence-electron chi connectivity index (χ2n) is 8.16. The van der Waals surface area contributed by atoms with E-state index in [4.69, 9.17) is 23.2 Å². The van der Waals surface area contributed by atoms with Crippen LogP contribution in [0.15, 0.2) is 53.4 Å². The molecule has 4 rings (SSSR count). The lowest BCUT2D eigenvalue weighted by Gasteiger charge is -2.37. The molecule has 3 aromatic rings. The number of amides is 2. The van der Waals surface area contributed by atoms with Gasteiger partial charge in [-0.05, 0) is 73.5 Å². The molecule has 36 heavy (non-hydrogen) atoms. The van der Waals surface area contributed by atoms with E-state index in [2.05, 4.69) is 10.6 Å². The molecule has 0 saturated carbocycles. The zero-order valence-corrected chi connectivity index (χ0v) is 21.2. The summed E-state index contributed by atoms with van der Waals surface area (Å²) in [7, 11) is -4.54. The number of halogens is 4. The molecule has 3 aromatic carbocycles. The average Bonchev–Trinajstić information content (AvgIpc) is 2.79. The Morgan fingerprint density at radius 1 is 1.06 bits per heavy atom. The van der Waals surface area contributed by atoms with Gasteiger partial charge in [0.2, 0.25) is 11.8 Å². The number of sulfonamides is 1. The van der Waals surface area contributed by atoms with Gasteiger partial charge in [0.1, 0.15) is 22.6 Å². The minimum absolute atomic E-state index is 0.0459. The highest BCUT2D eigenvalue weighted by atomic mass is 35.5. The number of nitrogens with one attached hydrogen (secondary N) is 2. The van der Waals surface area contributed by atoms with E-state index in [1.165, 1.54) is 37.3 Å². The molecule has 0 aromatic heterocycles. The number of rotatable bonds is 5. The van der Waals surface area contributed by atoms with Crippen molar-refractivity contribution in [2.24, 2.45) is 0 Å². The number of fused-ring (bicyclic) bond motifs is 1. The number of hydrogen-bond acceptors (Lipinski definition) is 4. The first-order valence-electron chi connectivity index (χ1n) is 10.6. The van der Waals surface area contributed by atoms with Gasteiger partial charge in [0.05, 0.1) is 22.8 Å². The predicted molar refractivity (Wildman–Crippen MR) is 134 cm³/mol. The van der Waals surface area contributed by atoms with Crippen LogP contribution in [0.2, 0.25) is 10.0 Å². The molecular weight excluding hydrogens is 535 g/mol. The van der Waals surface area contributed by atoms with Crippen molar-refractivity contribution >= 4 is 62.1 Å². The van der Waals surface area contributed by atoms with Gasteiger partial charge < -0.3 is 10.6 Å². The molecule has 0 spiro atoms. The quantitative estimate of drug-likeness (QED) is 0.440. The van der Waals surface area contributed by atoms with Crippen molar-refractivity contribution in [3.63, 3.8) is 0 Å². The number of nitrogens with zero attached hydrogens (tertiary/aromatic N) is 1. The second kappa shape index (κ2) is 9.68. The Morgan fingerprint density at radius 2 is 1.72 bits per heavy atom. The maximum Gasteiger partial charge on any atom is 0.266 e. The lowest BCUT2D eigenvalue weighted by atomic mass is 10.1. The first-order valence-corrected chi connectivity index (χ1v) is 12.7. The van der Waals surface area contributed by atoms with E-state index in [1.54, 1.807) is 6.92 Å². The molecule has 1 atom stereocenters. The molecule has 0 saturated heterocycles. The van der Waals surface area contributed by atoms with E-state index in [-0.39, 0.29) is 26.3 Å². The highest BCUT2D eigenvalue weighted by Gasteiger charge is 2.43. The van der Waals surface area contributed by atoms with Gasteiger partial charge in [-0.25, -0.2) is 17.2 Å². The summed E-state index contributed by atoms with van der Waals surface area (Å²) in [6.45, 7) is 3.12. The maximum absolute atomic E-state index is 13.9. The molecule has 1 aliphatic rings. The topological polar surface area (TPSA) is 95.6 Å². The number of benzene rings is 3. The number of aryl methyl sites for hydroxylation is 1. The second-order valence-corrected chi connectivity index (χ2v) is 10.7. The Hall–Kier alpha value is -3.21. The predicted octanol–water partition coefficient (Wildman–Crippen LogP) is 5.43. The summed E-state index contributed by atoms with van der Waals surface area (Å²) in [5, 5.41) is 5.11. The van der Waals surface area contributed by atoms with Crippen LogP contribution < -0.4 is 14.9 Å². The summed E-state index contributed by atoms with van der Waals surface area (Å²) in [6.07, 6.45) is -0.594. The maximum atomic E-state index is 13.9. The molecular formula is C24H19Cl2F2N3O4S. The third-order valence-electron chi connectivity index (χ3n) is 5.70. The van der Waals surface area contributed by atoms with Crippen LogP contribution in [0.25, 0.3) is 0 Å². The van der Waals surface area contributed by atoms with Gasteiger partial charge >= 0.3 is 0 Å². The Kier molecular flexibility index (Phi) is 6.96. The molecule has 1 unspecified atom stereocenters. The monoisotopic (exact) mass is 553 g/mol. The minimum Gasteiger partial charge on any atom is -0.326 e. The summed E-state index contributed by atoms with van der Waals surface area (Å²) >= 11 is 12.4. The van der Waals surface area contributed by atoms with Crippen molar-refractivity contribution in [3.05, 3.63) is 81.3 Å². The Labute approximate surface area is 216 Å². The van der Waals surface area contributed by atoms with Crippen molar-refractivity contribution in [2.75, 3.05) is 14.9 Å². The summed E-state index contributed by atoms with van der Waals surface area (Å²) in [4.78, 5) is 25.6. The number of anilines is 3. The molecule has 2 N–H and O–H groups in total. The zero-order chi connectivity index (χ0) is 26.4. The van der Waals surface area contributed by atoms with Gasteiger partial charge in [0.15, 0.2) is 0 Å². The number of hydrogen-bond donors (Lipinski definition) is 2. The van der Waals surface area contributed by atoms with Gasteiger partial charge in [-0.1, -0.05) is 23.2 Å². The summed E-state index contributed by atoms with van der Waals surface area (Å²) in [5.74, 6) is -2.73. The molecule has 0 radical (unpaired) electrons. The van der Waals surface area contributed by atoms with E-state index >= 15 is 0 Å². The fraction of sp³-hybridized carbons (Fsp3) is 0.167. The van der Waals surface area contributed by atoms with Crippen molar-refractivity contribution < 1.29 is 26.8 Å². The first-order chi connectivity index (χ1) is 16.9. The first kappa shape index (κ1) is 25.9. The van der Waals surface area contributed by atoms with Crippen LogP contribution in [-0.2, 0) is 19.6 Å². The minimum atomic E-state index is -4.54. The van der Waals surface area contributed by atoms with Gasteiger partial charge in [0, 0.05) is 10.7 Å². The largest absolute Gasteiger partial charge is 0.326 e. The average molecular weight is 554 g/mol. The molecule has 0 bridgehead atoms. The third-order valence-corrected chi connectivity index (χ3v) is 8.58. The van der Waals surface area contributed by atoms with E-state index in [9.17, 15) is 26.8 Å². The SMILES string of the molecule is Cc1cc(F)ccc1NC(=O)CC1C(=O)Nc2cc(F)ccc2N1S(=O)(=O)c1ccc(Cl)c(C)c1Cl. The molecule has 188 valence electrons. The smallest absolute Gasteiger partial charge is 0.266 e. The van der Waals surface area contributed by atoms with Gasteiger partial charge in [-0.2, -0.15) is 0 Å². The standard InChI is InChI=1S/C24H19Cl2F2N3O4S/c1-12-9-14(27)3-6-17(12)29-22(32)11-20-24(33)30-18-10-15(28)4-7-19(18)31(20)36(34,35)21-8-5-16(25)13(2)23(21)26/h3-10,20H,11H2,1-2H3,(H,29,32)(H,30,33). The van der Waals surface area contributed by atoms with Gasteiger partial charge in [-0.3, -0.25) is 13.9 Å². The fourth-order valence-electron chi connectivity index (χ4n) is 3.85. The van der Waals surface area contributed by atoms with Crippen LogP contribution in [0.5, 0.6) is 0 Å². The van der Waals surface area contributed by atoms with Crippen LogP contribution in [0.1, 0.15) is 17.5 Å². The molecule has 1 heterocycles. The van der Waals surface area contributed by atoms with E-state index < -0.39 is 45.9 Å². The fourth-order valence-corrected chi connectivity index (χ4v) is 6.27. The van der Waals surface area contributed by atoms with Gasteiger partial charge in [-0.15, -0.1) is 0 Å². The van der Waals surface area contributed by atoms with Crippen molar-refractivity contribution in [3.8, 4) is 0 Å². The highest BCUT2D eigenvalue weighted by Crippen LogP contribution is 2.40.